The normalized spacial score (nSPS) is 10.8. The smallest absolute Gasteiger partial charge is 0.251 e. The number of nitrogens with one attached hydrogen (secondary N) is 1. The van der Waals surface area contributed by atoms with Crippen LogP contribution in [0.25, 0.3) is 21.5 Å². The predicted molar refractivity (Wildman–Crippen MR) is 84.5 cm³/mol. The lowest BCUT2D eigenvalue weighted by Gasteiger charge is -2.08. The first-order valence-corrected chi connectivity index (χ1v) is 7.09. The number of fused-ring (bicyclic) bond motifs is 2. The molecule has 0 aromatic heterocycles. The molecule has 0 spiro atoms. The highest BCUT2D eigenvalue weighted by Crippen LogP contribution is 2.25. The molecule has 3 aromatic carbocycles. The molecule has 1 amide bonds. The van der Waals surface area contributed by atoms with E-state index in [4.69, 9.17) is 11.6 Å². The molecule has 0 aliphatic heterocycles. The molecule has 0 heterocycles. The largest absolute Gasteiger partial charge is 0.351 e. The number of benzene rings is 3. The zero-order valence-corrected chi connectivity index (χ0v) is 11.7. The lowest BCUT2D eigenvalue weighted by atomic mass is 9.99. The van der Waals surface area contributed by atoms with E-state index in [9.17, 15) is 4.79 Å². The number of hydrogen-bond acceptors (Lipinski definition) is 1. The second-order valence-electron chi connectivity index (χ2n) is 4.67. The summed E-state index contributed by atoms with van der Waals surface area (Å²) in [6.07, 6.45) is 0. The van der Waals surface area contributed by atoms with Crippen LogP contribution in [0.3, 0.4) is 0 Å². The highest BCUT2D eigenvalue weighted by atomic mass is 35.5. The first-order valence-electron chi connectivity index (χ1n) is 6.55. The Hall–Kier alpha value is -2.06. The van der Waals surface area contributed by atoms with Crippen molar-refractivity contribution < 1.29 is 4.79 Å². The van der Waals surface area contributed by atoms with Crippen LogP contribution < -0.4 is 5.32 Å². The van der Waals surface area contributed by atoms with Crippen LogP contribution in [0.5, 0.6) is 0 Å². The second kappa shape index (κ2) is 5.51. The molecular formula is C17H14ClNO. The number of hydrogen-bond donors (Lipinski definition) is 1. The van der Waals surface area contributed by atoms with Crippen molar-refractivity contribution in [3.05, 3.63) is 60.2 Å². The van der Waals surface area contributed by atoms with Crippen molar-refractivity contribution in [1.29, 1.82) is 0 Å². The first kappa shape index (κ1) is 12.9. The average molecular weight is 284 g/mol. The lowest BCUT2D eigenvalue weighted by molar-refractivity contribution is 0.0957. The standard InChI is InChI=1S/C17H14ClNO/c18-8-9-19-17(20)15-7-3-6-14-10-12-4-1-2-5-13(12)11-16(14)15/h1-7,10-11H,8-9H2,(H,19,20). The summed E-state index contributed by atoms with van der Waals surface area (Å²) in [7, 11) is 0. The minimum absolute atomic E-state index is 0.0773. The quantitative estimate of drug-likeness (QED) is 0.572. The molecule has 0 unspecified atom stereocenters. The van der Waals surface area contributed by atoms with Crippen LogP contribution in [0.2, 0.25) is 0 Å². The zero-order chi connectivity index (χ0) is 13.9. The van der Waals surface area contributed by atoms with Gasteiger partial charge in [-0.05, 0) is 39.7 Å². The van der Waals surface area contributed by atoms with E-state index < -0.39 is 0 Å². The number of alkyl halides is 1. The van der Waals surface area contributed by atoms with Crippen molar-refractivity contribution in [2.45, 2.75) is 0 Å². The van der Waals surface area contributed by atoms with Crippen LogP contribution in [0, 0.1) is 0 Å². The second-order valence-corrected chi connectivity index (χ2v) is 5.05. The summed E-state index contributed by atoms with van der Waals surface area (Å²) in [4.78, 5) is 12.2. The van der Waals surface area contributed by atoms with Crippen molar-refractivity contribution in [3.63, 3.8) is 0 Å². The Morgan fingerprint density at radius 2 is 1.65 bits per heavy atom. The number of carbonyl (C=O) groups excluding carboxylic acids is 1. The minimum atomic E-state index is -0.0773. The number of amides is 1. The molecule has 20 heavy (non-hydrogen) atoms. The van der Waals surface area contributed by atoms with Gasteiger partial charge in [0, 0.05) is 18.0 Å². The Kier molecular flexibility index (Phi) is 3.57. The Morgan fingerprint density at radius 3 is 2.40 bits per heavy atom. The molecule has 0 saturated heterocycles. The van der Waals surface area contributed by atoms with Crippen molar-refractivity contribution in [2.75, 3.05) is 12.4 Å². The monoisotopic (exact) mass is 283 g/mol. The van der Waals surface area contributed by atoms with E-state index in [1.807, 2.05) is 30.3 Å². The molecule has 100 valence electrons. The molecule has 1 N–H and O–H groups in total. The van der Waals surface area contributed by atoms with Crippen LogP contribution in [-0.4, -0.2) is 18.3 Å². The Balaban J connectivity index is 2.17. The van der Waals surface area contributed by atoms with Crippen LogP contribution >= 0.6 is 11.6 Å². The molecule has 0 atom stereocenters. The van der Waals surface area contributed by atoms with Crippen LogP contribution in [-0.2, 0) is 0 Å². The molecule has 3 aromatic rings. The fourth-order valence-corrected chi connectivity index (χ4v) is 2.52. The summed E-state index contributed by atoms with van der Waals surface area (Å²) in [5.74, 6) is 0.339. The lowest BCUT2D eigenvalue weighted by Crippen LogP contribution is -2.25. The van der Waals surface area contributed by atoms with E-state index in [-0.39, 0.29) is 5.91 Å². The van der Waals surface area contributed by atoms with E-state index in [0.29, 0.717) is 18.0 Å². The average Bonchev–Trinajstić information content (AvgIpc) is 2.50. The summed E-state index contributed by atoms with van der Waals surface area (Å²) in [5, 5.41) is 7.18. The molecule has 3 heteroatoms. The molecule has 0 bridgehead atoms. The van der Waals surface area contributed by atoms with Crippen LogP contribution in [0.15, 0.2) is 54.6 Å². The highest BCUT2D eigenvalue weighted by molar-refractivity contribution is 6.18. The maximum absolute atomic E-state index is 12.2. The van der Waals surface area contributed by atoms with Gasteiger partial charge < -0.3 is 5.32 Å². The van der Waals surface area contributed by atoms with Gasteiger partial charge in [-0.3, -0.25) is 4.79 Å². The van der Waals surface area contributed by atoms with Gasteiger partial charge in [0.05, 0.1) is 0 Å². The third-order valence-corrected chi connectivity index (χ3v) is 3.56. The third-order valence-electron chi connectivity index (χ3n) is 3.37. The van der Waals surface area contributed by atoms with Gasteiger partial charge >= 0.3 is 0 Å². The molecule has 2 nitrogen and oxygen atoms in total. The van der Waals surface area contributed by atoms with E-state index in [1.54, 1.807) is 0 Å². The molecule has 0 saturated carbocycles. The fraction of sp³-hybridized carbons (Fsp3) is 0.118. The summed E-state index contributed by atoms with van der Waals surface area (Å²) < 4.78 is 0. The number of halogens is 1. The summed E-state index contributed by atoms with van der Waals surface area (Å²) in [6, 6.07) is 18.1. The Bertz CT molecular complexity index is 782. The van der Waals surface area contributed by atoms with Gasteiger partial charge in [-0.2, -0.15) is 0 Å². The molecule has 0 radical (unpaired) electrons. The van der Waals surface area contributed by atoms with Crippen molar-refractivity contribution in [2.24, 2.45) is 0 Å². The van der Waals surface area contributed by atoms with E-state index in [1.165, 1.54) is 5.39 Å². The topological polar surface area (TPSA) is 29.1 Å². The molecule has 0 fully saturated rings. The predicted octanol–water partition coefficient (Wildman–Crippen LogP) is 3.96. The summed E-state index contributed by atoms with van der Waals surface area (Å²) >= 11 is 5.61. The zero-order valence-electron chi connectivity index (χ0n) is 10.9. The van der Waals surface area contributed by atoms with Crippen LogP contribution in [0.1, 0.15) is 10.4 Å². The first-order chi connectivity index (χ1) is 9.79. The Labute approximate surface area is 122 Å². The molecular weight excluding hydrogens is 270 g/mol. The van der Waals surface area contributed by atoms with E-state index in [2.05, 4.69) is 29.6 Å². The molecule has 3 rings (SSSR count). The third kappa shape index (κ3) is 2.35. The van der Waals surface area contributed by atoms with Crippen molar-refractivity contribution >= 4 is 39.1 Å². The summed E-state index contributed by atoms with van der Waals surface area (Å²) in [6.45, 7) is 0.477. The van der Waals surface area contributed by atoms with Gasteiger partial charge in [-0.15, -0.1) is 11.6 Å². The van der Waals surface area contributed by atoms with Gasteiger partial charge in [-0.1, -0.05) is 36.4 Å². The fourth-order valence-electron chi connectivity index (χ4n) is 2.42. The van der Waals surface area contributed by atoms with Crippen molar-refractivity contribution in [1.82, 2.24) is 5.32 Å². The molecule has 0 aliphatic rings. The van der Waals surface area contributed by atoms with Gasteiger partial charge in [0.1, 0.15) is 0 Å². The van der Waals surface area contributed by atoms with Gasteiger partial charge in [0.25, 0.3) is 5.91 Å². The maximum atomic E-state index is 12.2. The minimum Gasteiger partial charge on any atom is -0.351 e. The van der Waals surface area contributed by atoms with Crippen molar-refractivity contribution in [3.8, 4) is 0 Å². The Morgan fingerprint density at radius 1 is 0.950 bits per heavy atom. The number of carbonyl (C=O) groups is 1. The maximum Gasteiger partial charge on any atom is 0.251 e. The van der Waals surface area contributed by atoms with E-state index >= 15 is 0 Å². The number of rotatable bonds is 3. The van der Waals surface area contributed by atoms with Gasteiger partial charge in [0.2, 0.25) is 0 Å². The summed E-state index contributed by atoms with van der Waals surface area (Å²) in [5.41, 5.74) is 0.693. The van der Waals surface area contributed by atoms with Crippen LogP contribution in [0.4, 0.5) is 0 Å². The van der Waals surface area contributed by atoms with Gasteiger partial charge in [-0.25, -0.2) is 0 Å². The van der Waals surface area contributed by atoms with Gasteiger partial charge in [0.15, 0.2) is 0 Å². The molecule has 0 aliphatic carbocycles. The van der Waals surface area contributed by atoms with E-state index in [0.717, 1.165) is 16.2 Å². The highest BCUT2D eigenvalue weighted by Gasteiger charge is 2.09. The SMILES string of the molecule is O=C(NCCCl)c1cccc2cc3ccccc3cc12.